The van der Waals surface area contributed by atoms with Crippen LogP contribution in [0, 0.1) is 5.82 Å². The summed E-state index contributed by atoms with van der Waals surface area (Å²) in [5.74, 6) is -0.541. The van der Waals surface area contributed by atoms with Crippen molar-refractivity contribution >= 4 is 16.8 Å². The van der Waals surface area contributed by atoms with Crippen molar-refractivity contribution in [1.82, 2.24) is 15.4 Å². The standard InChI is InChI=1S/C20H17FN4O4/c1-27-6-7-28-17-10-16-13(8-14(17)21)19(24-23-16)18-9-15(25-29-18)11-2-4-12(5-3-11)20(22)26/h2-5,8-10H,6-7H2,1H3,(H2,22,26)(H,23,24). The van der Waals surface area contributed by atoms with Crippen molar-refractivity contribution < 1.29 is 23.2 Å². The SMILES string of the molecule is COCCOc1cc2[nH]nc(-c3cc(-c4ccc(C(N)=O)cc4)no3)c2cc1F. The lowest BCUT2D eigenvalue weighted by atomic mass is 10.1. The van der Waals surface area contributed by atoms with Gasteiger partial charge in [0.15, 0.2) is 17.3 Å². The highest BCUT2D eigenvalue weighted by Gasteiger charge is 2.17. The number of ether oxygens (including phenoxy) is 2. The second-order valence-corrected chi connectivity index (χ2v) is 6.26. The molecule has 4 rings (SSSR count). The highest BCUT2D eigenvalue weighted by molar-refractivity contribution is 5.94. The van der Waals surface area contributed by atoms with Crippen molar-refractivity contribution in [2.24, 2.45) is 5.73 Å². The highest BCUT2D eigenvalue weighted by Crippen LogP contribution is 2.32. The summed E-state index contributed by atoms with van der Waals surface area (Å²) in [7, 11) is 1.54. The molecule has 2 heterocycles. The van der Waals surface area contributed by atoms with Crippen LogP contribution in [0.4, 0.5) is 4.39 Å². The summed E-state index contributed by atoms with van der Waals surface area (Å²) >= 11 is 0. The van der Waals surface area contributed by atoms with Crippen LogP contribution < -0.4 is 10.5 Å². The maximum Gasteiger partial charge on any atom is 0.248 e. The number of nitrogens with one attached hydrogen (secondary N) is 1. The van der Waals surface area contributed by atoms with Gasteiger partial charge in [0.1, 0.15) is 18.0 Å². The van der Waals surface area contributed by atoms with Gasteiger partial charge in [-0.3, -0.25) is 9.89 Å². The number of amides is 1. The summed E-state index contributed by atoms with van der Waals surface area (Å²) in [5.41, 5.74) is 7.96. The van der Waals surface area contributed by atoms with Crippen LogP contribution in [0.5, 0.6) is 5.75 Å². The number of aromatic amines is 1. The molecule has 3 N–H and O–H groups in total. The van der Waals surface area contributed by atoms with Gasteiger partial charge in [-0.15, -0.1) is 0 Å². The quantitative estimate of drug-likeness (QED) is 0.464. The van der Waals surface area contributed by atoms with Crippen LogP contribution >= 0.6 is 0 Å². The summed E-state index contributed by atoms with van der Waals surface area (Å²) in [6.45, 7) is 0.590. The molecular formula is C20H17FN4O4. The van der Waals surface area contributed by atoms with E-state index in [1.165, 1.54) is 12.1 Å². The molecule has 2 aromatic carbocycles. The Labute approximate surface area is 164 Å². The van der Waals surface area contributed by atoms with Crippen LogP contribution in [0.15, 0.2) is 47.0 Å². The van der Waals surface area contributed by atoms with Gasteiger partial charge in [0.2, 0.25) is 5.91 Å². The molecule has 0 aliphatic carbocycles. The van der Waals surface area contributed by atoms with Crippen molar-refractivity contribution in [3.63, 3.8) is 0 Å². The fourth-order valence-electron chi connectivity index (χ4n) is 2.88. The van der Waals surface area contributed by atoms with E-state index < -0.39 is 11.7 Å². The molecule has 4 aromatic rings. The minimum Gasteiger partial charge on any atom is -0.488 e. The minimum absolute atomic E-state index is 0.109. The van der Waals surface area contributed by atoms with E-state index in [0.717, 1.165) is 5.56 Å². The first-order valence-electron chi connectivity index (χ1n) is 8.73. The van der Waals surface area contributed by atoms with E-state index in [-0.39, 0.29) is 12.4 Å². The Hall–Kier alpha value is -3.72. The lowest BCUT2D eigenvalue weighted by Crippen LogP contribution is -2.10. The normalized spacial score (nSPS) is 11.1. The Balaban J connectivity index is 1.63. The van der Waals surface area contributed by atoms with E-state index in [0.29, 0.717) is 40.2 Å². The molecule has 0 bridgehead atoms. The average molecular weight is 396 g/mol. The van der Waals surface area contributed by atoms with Gasteiger partial charge in [0, 0.05) is 35.8 Å². The zero-order chi connectivity index (χ0) is 20.4. The molecule has 0 aliphatic rings. The van der Waals surface area contributed by atoms with Crippen molar-refractivity contribution in [2.75, 3.05) is 20.3 Å². The van der Waals surface area contributed by atoms with E-state index in [4.69, 9.17) is 19.7 Å². The third-order valence-corrected chi connectivity index (χ3v) is 4.37. The summed E-state index contributed by atoms with van der Waals surface area (Å²) in [6.07, 6.45) is 0. The second-order valence-electron chi connectivity index (χ2n) is 6.26. The molecule has 8 nitrogen and oxygen atoms in total. The van der Waals surface area contributed by atoms with Crippen molar-refractivity contribution in [3.05, 3.63) is 53.8 Å². The predicted molar refractivity (Wildman–Crippen MR) is 103 cm³/mol. The Morgan fingerprint density at radius 2 is 2.00 bits per heavy atom. The third-order valence-electron chi connectivity index (χ3n) is 4.37. The van der Waals surface area contributed by atoms with E-state index >= 15 is 0 Å². The lowest BCUT2D eigenvalue weighted by molar-refractivity contribution is 0.100. The monoisotopic (exact) mass is 396 g/mol. The van der Waals surface area contributed by atoms with Gasteiger partial charge in [-0.1, -0.05) is 17.3 Å². The number of methoxy groups -OCH3 is 1. The number of halogens is 1. The molecule has 0 radical (unpaired) electrons. The predicted octanol–water partition coefficient (Wildman–Crippen LogP) is 3.15. The first-order chi connectivity index (χ1) is 14.1. The summed E-state index contributed by atoms with van der Waals surface area (Å²) in [5, 5.41) is 11.6. The van der Waals surface area contributed by atoms with Crippen molar-refractivity contribution in [1.29, 1.82) is 0 Å². The Morgan fingerprint density at radius 3 is 2.72 bits per heavy atom. The molecule has 0 spiro atoms. The van der Waals surface area contributed by atoms with Crippen LogP contribution in [-0.2, 0) is 4.74 Å². The molecule has 29 heavy (non-hydrogen) atoms. The van der Waals surface area contributed by atoms with Crippen LogP contribution in [0.25, 0.3) is 33.6 Å². The van der Waals surface area contributed by atoms with Gasteiger partial charge in [-0.25, -0.2) is 4.39 Å². The number of nitrogens with zero attached hydrogens (tertiary/aromatic N) is 2. The third kappa shape index (κ3) is 3.67. The molecule has 0 saturated carbocycles. The summed E-state index contributed by atoms with van der Waals surface area (Å²) in [4.78, 5) is 11.2. The number of H-pyrrole nitrogens is 1. The van der Waals surface area contributed by atoms with E-state index in [1.54, 1.807) is 37.4 Å². The molecule has 148 valence electrons. The van der Waals surface area contributed by atoms with Gasteiger partial charge in [-0.2, -0.15) is 5.10 Å². The zero-order valence-corrected chi connectivity index (χ0v) is 15.4. The molecule has 0 saturated heterocycles. The molecule has 0 unspecified atom stereocenters. The molecule has 0 atom stereocenters. The van der Waals surface area contributed by atoms with E-state index in [9.17, 15) is 9.18 Å². The number of hydrogen-bond donors (Lipinski definition) is 2. The lowest BCUT2D eigenvalue weighted by Gasteiger charge is -2.06. The first kappa shape index (κ1) is 18.6. The second kappa shape index (κ2) is 7.72. The number of nitrogens with two attached hydrogens (primary N) is 1. The fraction of sp³-hybridized carbons (Fsp3) is 0.150. The van der Waals surface area contributed by atoms with Gasteiger partial charge < -0.3 is 19.7 Å². The number of hydrogen-bond acceptors (Lipinski definition) is 6. The molecule has 0 aliphatic heterocycles. The largest absolute Gasteiger partial charge is 0.488 e. The number of carbonyl (C=O) groups is 1. The summed E-state index contributed by atoms with van der Waals surface area (Å²) < 4.78 is 30.1. The molecule has 1 amide bonds. The topological polar surface area (TPSA) is 116 Å². The van der Waals surface area contributed by atoms with Crippen LogP contribution in [0.3, 0.4) is 0 Å². The van der Waals surface area contributed by atoms with E-state index in [2.05, 4.69) is 15.4 Å². The van der Waals surface area contributed by atoms with Gasteiger partial charge >= 0.3 is 0 Å². The maximum absolute atomic E-state index is 14.4. The van der Waals surface area contributed by atoms with E-state index in [1.807, 2.05) is 0 Å². The number of carbonyl (C=O) groups excluding carboxylic acids is 1. The average Bonchev–Trinajstić information content (AvgIpc) is 3.35. The van der Waals surface area contributed by atoms with Crippen molar-refractivity contribution in [3.8, 4) is 28.5 Å². The zero-order valence-electron chi connectivity index (χ0n) is 15.4. The highest BCUT2D eigenvalue weighted by atomic mass is 19.1. The van der Waals surface area contributed by atoms with Crippen LogP contribution in [0.2, 0.25) is 0 Å². The van der Waals surface area contributed by atoms with Crippen LogP contribution in [-0.4, -0.2) is 41.6 Å². The number of rotatable bonds is 7. The minimum atomic E-state index is -0.516. The molecular weight excluding hydrogens is 379 g/mol. The Bertz CT molecular complexity index is 1170. The van der Waals surface area contributed by atoms with Crippen molar-refractivity contribution in [2.45, 2.75) is 0 Å². The van der Waals surface area contributed by atoms with Gasteiger partial charge in [0.25, 0.3) is 0 Å². The number of fused-ring (bicyclic) bond motifs is 1. The Morgan fingerprint density at radius 1 is 1.21 bits per heavy atom. The van der Waals surface area contributed by atoms with Gasteiger partial charge in [-0.05, 0) is 18.2 Å². The van der Waals surface area contributed by atoms with Gasteiger partial charge in [0.05, 0.1) is 12.1 Å². The maximum atomic E-state index is 14.4. The molecule has 9 heteroatoms. The summed E-state index contributed by atoms with van der Waals surface area (Å²) in [6, 6.07) is 11.2. The number of benzene rings is 2. The molecule has 0 fully saturated rings. The first-order valence-corrected chi connectivity index (χ1v) is 8.73. The Kier molecular flexibility index (Phi) is 4.96. The molecule has 2 aromatic heterocycles. The smallest absolute Gasteiger partial charge is 0.248 e. The van der Waals surface area contributed by atoms with Crippen LogP contribution in [0.1, 0.15) is 10.4 Å². The fourth-order valence-corrected chi connectivity index (χ4v) is 2.88. The number of primary amides is 1. The number of aromatic nitrogens is 3.